The van der Waals surface area contributed by atoms with Crippen LogP contribution >= 0.6 is 0 Å². The second kappa shape index (κ2) is 6.65. The summed E-state index contributed by atoms with van der Waals surface area (Å²) >= 11 is 0. The molecule has 1 fully saturated rings. The molecule has 0 radical (unpaired) electrons. The van der Waals surface area contributed by atoms with Crippen molar-refractivity contribution in [3.8, 4) is 6.07 Å². The lowest BCUT2D eigenvalue weighted by molar-refractivity contribution is 0.208. The number of rotatable bonds is 5. The van der Waals surface area contributed by atoms with E-state index in [4.69, 9.17) is 5.26 Å². The third kappa shape index (κ3) is 3.52. The quantitative estimate of drug-likeness (QED) is 0.808. The Kier molecular flexibility index (Phi) is 4.89. The Labute approximate surface area is 115 Å². The van der Waals surface area contributed by atoms with Crippen LogP contribution in [0.2, 0.25) is 0 Å². The van der Waals surface area contributed by atoms with E-state index in [-0.39, 0.29) is 0 Å². The van der Waals surface area contributed by atoms with Gasteiger partial charge in [-0.2, -0.15) is 5.26 Å². The molecule has 2 rings (SSSR count). The molecule has 0 N–H and O–H groups in total. The molecular weight excluding hydrogens is 236 g/mol. The second-order valence-corrected chi connectivity index (χ2v) is 5.05. The highest BCUT2D eigenvalue weighted by molar-refractivity contribution is 5.28. The van der Waals surface area contributed by atoms with Gasteiger partial charge in [0.05, 0.1) is 17.3 Å². The average Bonchev–Trinajstić information content (AvgIpc) is 2.89. The first-order chi connectivity index (χ1) is 9.26. The third-order valence-corrected chi connectivity index (χ3v) is 3.91. The first kappa shape index (κ1) is 14.0. The van der Waals surface area contributed by atoms with E-state index < -0.39 is 0 Å². The zero-order valence-corrected chi connectivity index (χ0v) is 11.8. The molecule has 102 valence electrons. The maximum Gasteiger partial charge on any atom is 0.0992 e. The van der Waals surface area contributed by atoms with Crippen LogP contribution < -0.4 is 0 Å². The van der Waals surface area contributed by atoms with Crippen molar-refractivity contribution in [1.82, 2.24) is 14.8 Å². The van der Waals surface area contributed by atoms with E-state index in [9.17, 15) is 0 Å². The third-order valence-electron chi connectivity index (χ3n) is 3.91. The zero-order valence-electron chi connectivity index (χ0n) is 11.8. The topological polar surface area (TPSA) is 43.2 Å². The Hall–Kier alpha value is -1.44. The number of nitrogens with zero attached hydrogens (tertiary/aromatic N) is 4. The highest BCUT2D eigenvalue weighted by atomic mass is 15.2. The molecule has 1 aliphatic heterocycles. The summed E-state index contributed by atoms with van der Waals surface area (Å²) in [5.74, 6) is 0. The summed E-state index contributed by atoms with van der Waals surface area (Å²) in [5.41, 5.74) is 1.70. The van der Waals surface area contributed by atoms with Crippen LogP contribution in [0.25, 0.3) is 0 Å². The number of likely N-dealkylation sites (N-methyl/N-ethyl adjacent to an activating group) is 1. The molecular formula is C15H22N4. The number of aromatic nitrogens is 1. The highest BCUT2D eigenvalue weighted by Crippen LogP contribution is 2.17. The molecule has 0 spiro atoms. The normalized spacial score (nSPS) is 19.8. The van der Waals surface area contributed by atoms with Crippen LogP contribution in [-0.4, -0.2) is 47.0 Å². The second-order valence-electron chi connectivity index (χ2n) is 5.05. The number of pyridine rings is 1. The van der Waals surface area contributed by atoms with Crippen molar-refractivity contribution in [2.24, 2.45) is 0 Å². The van der Waals surface area contributed by atoms with Gasteiger partial charge in [-0.1, -0.05) is 13.8 Å². The molecule has 0 aliphatic carbocycles. The molecule has 0 aromatic carbocycles. The van der Waals surface area contributed by atoms with Crippen LogP contribution in [0.4, 0.5) is 0 Å². The molecule has 4 nitrogen and oxygen atoms in total. The van der Waals surface area contributed by atoms with Crippen molar-refractivity contribution in [2.75, 3.05) is 26.2 Å². The van der Waals surface area contributed by atoms with Gasteiger partial charge in [0, 0.05) is 31.9 Å². The fourth-order valence-corrected chi connectivity index (χ4v) is 2.86. The van der Waals surface area contributed by atoms with Crippen molar-refractivity contribution in [2.45, 2.75) is 32.9 Å². The SMILES string of the molecule is CCN(CC)[C@H]1CCN(Cc2cc(C#N)ccn2)C1. The molecule has 0 unspecified atom stereocenters. The molecule has 19 heavy (non-hydrogen) atoms. The summed E-state index contributed by atoms with van der Waals surface area (Å²) in [5, 5.41) is 8.90. The van der Waals surface area contributed by atoms with Crippen molar-refractivity contribution in [1.29, 1.82) is 5.26 Å². The van der Waals surface area contributed by atoms with E-state index in [1.54, 1.807) is 12.3 Å². The lowest BCUT2D eigenvalue weighted by Crippen LogP contribution is -2.37. The van der Waals surface area contributed by atoms with Gasteiger partial charge in [-0.15, -0.1) is 0 Å². The van der Waals surface area contributed by atoms with Crippen molar-refractivity contribution in [3.63, 3.8) is 0 Å². The Bertz CT molecular complexity index is 448. The average molecular weight is 258 g/mol. The lowest BCUT2D eigenvalue weighted by atomic mass is 10.2. The van der Waals surface area contributed by atoms with Gasteiger partial charge >= 0.3 is 0 Å². The predicted molar refractivity (Wildman–Crippen MR) is 75.6 cm³/mol. The van der Waals surface area contributed by atoms with Crippen molar-refractivity contribution in [3.05, 3.63) is 29.6 Å². The molecule has 1 aromatic rings. The van der Waals surface area contributed by atoms with Gasteiger partial charge < -0.3 is 0 Å². The number of hydrogen-bond acceptors (Lipinski definition) is 4. The summed E-state index contributed by atoms with van der Waals surface area (Å²) in [7, 11) is 0. The van der Waals surface area contributed by atoms with Gasteiger partial charge in [0.2, 0.25) is 0 Å². The molecule has 1 saturated heterocycles. The standard InChI is InChI=1S/C15H22N4/c1-3-19(4-2)15-6-8-18(12-15)11-14-9-13(10-16)5-7-17-14/h5,7,9,15H,3-4,6,8,11-12H2,1-2H3/t15-/m0/s1. The van der Waals surface area contributed by atoms with Crippen LogP contribution in [0.3, 0.4) is 0 Å². The summed E-state index contributed by atoms with van der Waals surface area (Å²) in [6.45, 7) is 9.79. The molecule has 0 amide bonds. The van der Waals surface area contributed by atoms with E-state index >= 15 is 0 Å². The minimum atomic E-state index is 0.675. The minimum Gasteiger partial charge on any atom is -0.300 e. The van der Waals surface area contributed by atoms with Gasteiger partial charge in [0.25, 0.3) is 0 Å². The van der Waals surface area contributed by atoms with Crippen LogP contribution in [0, 0.1) is 11.3 Å². The molecule has 1 aliphatic rings. The van der Waals surface area contributed by atoms with Gasteiger partial charge in [-0.25, -0.2) is 0 Å². The molecule has 2 heterocycles. The van der Waals surface area contributed by atoms with Gasteiger partial charge in [0.15, 0.2) is 0 Å². The van der Waals surface area contributed by atoms with Crippen LogP contribution in [0.1, 0.15) is 31.5 Å². The Morgan fingerprint density at radius 3 is 2.95 bits per heavy atom. The Morgan fingerprint density at radius 1 is 1.47 bits per heavy atom. The van der Waals surface area contributed by atoms with Gasteiger partial charge in [-0.3, -0.25) is 14.8 Å². The largest absolute Gasteiger partial charge is 0.300 e. The first-order valence-corrected chi connectivity index (χ1v) is 7.08. The fourth-order valence-electron chi connectivity index (χ4n) is 2.86. The Morgan fingerprint density at radius 2 is 2.26 bits per heavy atom. The van der Waals surface area contributed by atoms with Crippen molar-refractivity contribution < 1.29 is 0 Å². The first-order valence-electron chi connectivity index (χ1n) is 7.08. The monoisotopic (exact) mass is 258 g/mol. The lowest BCUT2D eigenvalue weighted by Gasteiger charge is -2.26. The van der Waals surface area contributed by atoms with Crippen LogP contribution in [0.5, 0.6) is 0 Å². The molecule has 4 heteroatoms. The zero-order chi connectivity index (χ0) is 13.7. The smallest absolute Gasteiger partial charge is 0.0992 e. The van der Waals surface area contributed by atoms with E-state index in [0.29, 0.717) is 11.6 Å². The summed E-state index contributed by atoms with van der Waals surface area (Å²) in [6.07, 6.45) is 2.96. The maximum absolute atomic E-state index is 8.90. The molecule has 0 bridgehead atoms. The van der Waals surface area contributed by atoms with E-state index in [2.05, 4.69) is 34.7 Å². The molecule has 1 atom stereocenters. The fraction of sp³-hybridized carbons (Fsp3) is 0.600. The van der Waals surface area contributed by atoms with E-state index in [1.165, 1.54) is 6.42 Å². The van der Waals surface area contributed by atoms with Gasteiger partial charge in [0.1, 0.15) is 0 Å². The van der Waals surface area contributed by atoms with E-state index in [0.717, 1.165) is 38.4 Å². The summed E-state index contributed by atoms with van der Waals surface area (Å²) in [4.78, 5) is 9.32. The van der Waals surface area contributed by atoms with Crippen LogP contribution in [-0.2, 0) is 6.54 Å². The Balaban J connectivity index is 1.93. The number of likely N-dealkylation sites (tertiary alicyclic amines) is 1. The molecule has 1 aromatic heterocycles. The van der Waals surface area contributed by atoms with Crippen molar-refractivity contribution >= 4 is 0 Å². The summed E-state index contributed by atoms with van der Waals surface area (Å²) in [6, 6.07) is 6.50. The number of nitriles is 1. The highest BCUT2D eigenvalue weighted by Gasteiger charge is 2.26. The summed E-state index contributed by atoms with van der Waals surface area (Å²) < 4.78 is 0. The van der Waals surface area contributed by atoms with E-state index in [1.807, 2.05) is 6.07 Å². The molecule has 0 saturated carbocycles. The maximum atomic E-state index is 8.90. The minimum absolute atomic E-state index is 0.675. The van der Waals surface area contributed by atoms with Crippen LogP contribution in [0.15, 0.2) is 18.3 Å². The number of hydrogen-bond donors (Lipinski definition) is 0. The predicted octanol–water partition coefficient (Wildman–Crippen LogP) is 1.87. The van der Waals surface area contributed by atoms with Gasteiger partial charge in [-0.05, 0) is 31.6 Å².